The van der Waals surface area contributed by atoms with Crippen LogP contribution in [0.3, 0.4) is 0 Å². The standard InChI is InChI=1S/C11H13N5O/c12-7-1-2-8-9(5-7)15-11(14-8)16-4-3-13-10(17)6-16/h1-2,5H,3-4,6,12H2,(H,13,17)(H,14,15). The molecule has 0 bridgehead atoms. The van der Waals surface area contributed by atoms with Crippen molar-refractivity contribution in [2.24, 2.45) is 0 Å². The van der Waals surface area contributed by atoms with Gasteiger partial charge in [-0.3, -0.25) is 4.79 Å². The highest BCUT2D eigenvalue weighted by atomic mass is 16.2. The van der Waals surface area contributed by atoms with Gasteiger partial charge in [-0.05, 0) is 18.2 Å². The van der Waals surface area contributed by atoms with Gasteiger partial charge in [-0.1, -0.05) is 0 Å². The Labute approximate surface area is 97.8 Å². The number of hydrogen-bond donors (Lipinski definition) is 3. The van der Waals surface area contributed by atoms with E-state index in [1.165, 1.54) is 0 Å². The number of rotatable bonds is 1. The van der Waals surface area contributed by atoms with Crippen LogP contribution < -0.4 is 16.0 Å². The van der Waals surface area contributed by atoms with Crippen molar-refractivity contribution >= 4 is 28.6 Å². The number of aromatic nitrogens is 2. The molecule has 1 aliphatic heterocycles. The number of amides is 1. The number of piperazine rings is 1. The van der Waals surface area contributed by atoms with Gasteiger partial charge >= 0.3 is 0 Å². The lowest BCUT2D eigenvalue weighted by atomic mass is 10.3. The number of nitrogen functional groups attached to an aromatic ring is 1. The first-order chi connectivity index (χ1) is 8.22. The van der Waals surface area contributed by atoms with Crippen LogP contribution in [0.25, 0.3) is 11.0 Å². The molecular weight excluding hydrogens is 218 g/mol. The van der Waals surface area contributed by atoms with Crippen molar-refractivity contribution < 1.29 is 4.79 Å². The average Bonchev–Trinajstić information content (AvgIpc) is 2.72. The maximum Gasteiger partial charge on any atom is 0.239 e. The molecule has 2 heterocycles. The van der Waals surface area contributed by atoms with Crippen LogP contribution in [0.5, 0.6) is 0 Å². The first-order valence-corrected chi connectivity index (χ1v) is 5.49. The van der Waals surface area contributed by atoms with Crippen molar-refractivity contribution in [1.29, 1.82) is 0 Å². The molecule has 0 aliphatic carbocycles. The Hall–Kier alpha value is -2.24. The van der Waals surface area contributed by atoms with E-state index in [2.05, 4.69) is 15.3 Å². The second-order valence-corrected chi connectivity index (χ2v) is 4.11. The largest absolute Gasteiger partial charge is 0.399 e. The third-order valence-electron chi connectivity index (χ3n) is 2.83. The molecule has 6 nitrogen and oxygen atoms in total. The summed E-state index contributed by atoms with van der Waals surface area (Å²) in [6, 6.07) is 5.53. The minimum absolute atomic E-state index is 0.0243. The molecule has 1 saturated heterocycles. The van der Waals surface area contributed by atoms with Crippen LogP contribution in [0.1, 0.15) is 0 Å². The number of fused-ring (bicyclic) bond motifs is 1. The summed E-state index contributed by atoms with van der Waals surface area (Å²) in [4.78, 5) is 20.9. The maximum atomic E-state index is 11.3. The number of nitrogens with zero attached hydrogens (tertiary/aromatic N) is 2. The van der Waals surface area contributed by atoms with Gasteiger partial charge in [0.05, 0.1) is 17.6 Å². The minimum Gasteiger partial charge on any atom is -0.399 e. The molecule has 1 amide bonds. The van der Waals surface area contributed by atoms with E-state index < -0.39 is 0 Å². The van der Waals surface area contributed by atoms with Crippen molar-refractivity contribution in [2.45, 2.75) is 0 Å². The SMILES string of the molecule is Nc1ccc2nc(N3CCNC(=O)C3)[nH]c2c1. The van der Waals surface area contributed by atoms with Gasteiger partial charge in [0.15, 0.2) is 0 Å². The van der Waals surface area contributed by atoms with E-state index in [0.717, 1.165) is 23.5 Å². The van der Waals surface area contributed by atoms with Crippen molar-refractivity contribution in [3.8, 4) is 0 Å². The molecule has 3 rings (SSSR count). The molecule has 4 N–H and O–H groups in total. The van der Waals surface area contributed by atoms with E-state index in [-0.39, 0.29) is 5.91 Å². The summed E-state index contributed by atoms with van der Waals surface area (Å²) >= 11 is 0. The molecule has 88 valence electrons. The van der Waals surface area contributed by atoms with Gasteiger partial charge < -0.3 is 20.9 Å². The van der Waals surface area contributed by atoms with Crippen molar-refractivity contribution in [2.75, 3.05) is 30.3 Å². The Balaban J connectivity index is 1.97. The number of hydrogen-bond acceptors (Lipinski definition) is 4. The lowest BCUT2D eigenvalue weighted by molar-refractivity contribution is -0.120. The molecule has 0 unspecified atom stereocenters. The van der Waals surface area contributed by atoms with Gasteiger partial charge in [-0.15, -0.1) is 0 Å². The Morgan fingerprint density at radius 1 is 1.41 bits per heavy atom. The Kier molecular flexibility index (Phi) is 2.14. The van der Waals surface area contributed by atoms with Gasteiger partial charge in [-0.25, -0.2) is 4.98 Å². The minimum atomic E-state index is 0.0243. The quantitative estimate of drug-likeness (QED) is 0.607. The highest BCUT2D eigenvalue weighted by Gasteiger charge is 2.19. The van der Waals surface area contributed by atoms with E-state index in [9.17, 15) is 4.79 Å². The fourth-order valence-electron chi connectivity index (χ4n) is 1.98. The summed E-state index contributed by atoms with van der Waals surface area (Å²) in [5.74, 6) is 0.747. The van der Waals surface area contributed by atoms with Crippen LogP contribution >= 0.6 is 0 Å². The molecule has 17 heavy (non-hydrogen) atoms. The fraction of sp³-hybridized carbons (Fsp3) is 0.273. The van der Waals surface area contributed by atoms with E-state index >= 15 is 0 Å². The third kappa shape index (κ3) is 1.77. The number of carbonyl (C=O) groups is 1. The van der Waals surface area contributed by atoms with Crippen LogP contribution in [-0.2, 0) is 4.79 Å². The summed E-state index contributed by atoms with van der Waals surface area (Å²) in [7, 11) is 0. The van der Waals surface area contributed by atoms with Crippen LogP contribution in [0.2, 0.25) is 0 Å². The monoisotopic (exact) mass is 231 g/mol. The molecule has 0 saturated carbocycles. The lowest BCUT2D eigenvalue weighted by Gasteiger charge is -2.25. The molecule has 1 aliphatic rings. The zero-order chi connectivity index (χ0) is 11.8. The zero-order valence-corrected chi connectivity index (χ0v) is 9.23. The van der Waals surface area contributed by atoms with Gasteiger partial charge in [-0.2, -0.15) is 0 Å². The van der Waals surface area contributed by atoms with Gasteiger partial charge in [0.25, 0.3) is 0 Å². The van der Waals surface area contributed by atoms with E-state index in [1.807, 2.05) is 23.1 Å². The third-order valence-corrected chi connectivity index (χ3v) is 2.83. The Morgan fingerprint density at radius 2 is 2.29 bits per heavy atom. The summed E-state index contributed by atoms with van der Waals surface area (Å²) < 4.78 is 0. The first kappa shape index (κ1) is 9.95. The second kappa shape index (κ2) is 3.65. The summed E-state index contributed by atoms with van der Waals surface area (Å²) in [6.07, 6.45) is 0. The highest BCUT2D eigenvalue weighted by molar-refractivity contribution is 5.84. The van der Waals surface area contributed by atoms with Crippen molar-refractivity contribution in [1.82, 2.24) is 15.3 Å². The fourth-order valence-corrected chi connectivity index (χ4v) is 1.98. The van der Waals surface area contributed by atoms with Crippen molar-refractivity contribution in [3.05, 3.63) is 18.2 Å². The van der Waals surface area contributed by atoms with Gasteiger partial charge in [0.1, 0.15) is 0 Å². The number of H-pyrrole nitrogens is 1. The van der Waals surface area contributed by atoms with Crippen LogP contribution in [-0.4, -0.2) is 35.5 Å². The number of imidazole rings is 1. The molecule has 1 fully saturated rings. The Bertz CT molecular complexity index is 576. The molecule has 0 atom stereocenters. The second-order valence-electron chi connectivity index (χ2n) is 4.11. The number of benzene rings is 1. The van der Waals surface area contributed by atoms with E-state index in [1.54, 1.807) is 0 Å². The topological polar surface area (TPSA) is 87.0 Å². The first-order valence-electron chi connectivity index (χ1n) is 5.49. The number of nitrogens with two attached hydrogens (primary N) is 1. The number of aromatic amines is 1. The Morgan fingerprint density at radius 3 is 3.12 bits per heavy atom. The molecule has 1 aromatic carbocycles. The summed E-state index contributed by atoms with van der Waals surface area (Å²) in [6.45, 7) is 1.76. The average molecular weight is 231 g/mol. The lowest BCUT2D eigenvalue weighted by Crippen LogP contribution is -2.48. The van der Waals surface area contributed by atoms with Gasteiger partial charge in [0, 0.05) is 18.8 Å². The highest BCUT2D eigenvalue weighted by Crippen LogP contribution is 2.19. The molecular formula is C11H13N5O. The van der Waals surface area contributed by atoms with Gasteiger partial charge in [0.2, 0.25) is 11.9 Å². The number of nitrogens with one attached hydrogen (secondary N) is 2. The number of anilines is 2. The summed E-state index contributed by atoms with van der Waals surface area (Å²) in [5, 5.41) is 2.78. The van der Waals surface area contributed by atoms with Crippen LogP contribution in [0.4, 0.5) is 11.6 Å². The molecule has 0 radical (unpaired) electrons. The van der Waals surface area contributed by atoms with Crippen molar-refractivity contribution in [3.63, 3.8) is 0 Å². The predicted molar refractivity (Wildman–Crippen MR) is 65.7 cm³/mol. The van der Waals surface area contributed by atoms with Crippen LogP contribution in [0, 0.1) is 0 Å². The molecule has 1 aromatic heterocycles. The predicted octanol–water partition coefficient (Wildman–Crippen LogP) is 0.0813. The normalized spacial score (nSPS) is 16.2. The summed E-state index contributed by atoms with van der Waals surface area (Å²) in [5.41, 5.74) is 8.16. The zero-order valence-electron chi connectivity index (χ0n) is 9.23. The number of carbonyl (C=O) groups excluding carboxylic acids is 1. The van der Waals surface area contributed by atoms with Crippen LogP contribution in [0.15, 0.2) is 18.2 Å². The van der Waals surface area contributed by atoms with E-state index in [0.29, 0.717) is 18.8 Å². The smallest absolute Gasteiger partial charge is 0.239 e. The molecule has 0 spiro atoms. The molecule has 2 aromatic rings. The maximum absolute atomic E-state index is 11.3. The van der Waals surface area contributed by atoms with E-state index in [4.69, 9.17) is 5.73 Å². The molecule has 6 heteroatoms.